The Balaban J connectivity index is 2.22. The zero-order chi connectivity index (χ0) is 14.1. The standard InChI is InChI=1S/C16H12FNO2/c17-12-4-2-11(3-5-12)14-8-16(20)13-6-1-10(9-19)7-15(13)18-14/h1-8,19H,9H2,(H,18,20). The minimum absolute atomic E-state index is 0.0846. The van der Waals surface area contributed by atoms with Gasteiger partial charge in [-0.2, -0.15) is 0 Å². The number of H-pyrrole nitrogens is 1. The maximum Gasteiger partial charge on any atom is 0.190 e. The van der Waals surface area contributed by atoms with Crippen LogP contribution in [0.3, 0.4) is 0 Å². The number of hydrogen-bond donors (Lipinski definition) is 2. The summed E-state index contributed by atoms with van der Waals surface area (Å²) in [5, 5.41) is 9.71. The zero-order valence-corrected chi connectivity index (χ0v) is 10.6. The molecule has 1 aromatic heterocycles. The molecule has 0 aliphatic rings. The quantitative estimate of drug-likeness (QED) is 0.751. The normalized spacial score (nSPS) is 10.9. The van der Waals surface area contributed by atoms with Gasteiger partial charge in [-0.3, -0.25) is 4.79 Å². The van der Waals surface area contributed by atoms with Crippen molar-refractivity contribution in [2.24, 2.45) is 0 Å². The van der Waals surface area contributed by atoms with Crippen molar-refractivity contribution in [3.05, 3.63) is 70.1 Å². The van der Waals surface area contributed by atoms with Crippen LogP contribution in [0.2, 0.25) is 0 Å². The van der Waals surface area contributed by atoms with Crippen LogP contribution in [0, 0.1) is 5.82 Å². The number of nitrogens with one attached hydrogen (secondary N) is 1. The van der Waals surface area contributed by atoms with Crippen molar-refractivity contribution >= 4 is 10.9 Å². The summed E-state index contributed by atoms with van der Waals surface area (Å²) >= 11 is 0. The van der Waals surface area contributed by atoms with Gasteiger partial charge in [0.15, 0.2) is 5.43 Å². The molecule has 0 amide bonds. The molecule has 0 fully saturated rings. The molecule has 3 rings (SSSR count). The first kappa shape index (κ1) is 12.6. The van der Waals surface area contributed by atoms with Gasteiger partial charge in [-0.1, -0.05) is 6.07 Å². The summed E-state index contributed by atoms with van der Waals surface area (Å²) in [5.74, 6) is -0.320. The van der Waals surface area contributed by atoms with Crippen LogP contribution in [0.25, 0.3) is 22.2 Å². The number of aromatic nitrogens is 1. The number of aliphatic hydroxyl groups excluding tert-OH is 1. The summed E-state index contributed by atoms with van der Waals surface area (Å²) < 4.78 is 12.9. The molecule has 20 heavy (non-hydrogen) atoms. The summed E-state index contributed by atoms with van der Waals surface area (Å²) in [4.78, 5) is 15.2. The second-order valence-corrected chi connectivity index (χ2v) is 4.59. The number of hydrogen-bond acceptors (Lipinski definition) is 2. The Morgan fingerprint density at radius 2 is 1.80 bits per heavy atom. The highest BCUT2D eigenvalue weighted by Crippen LogP contribution is 2.19. The van der Waals surface area contributed by atoms with Gasteiger partial charge in [0.25, 0.3) is 0 Å². The molecule has 0 saturated carbocycles. The highest BCUT2D eigenvalue weighted by Gasteiger charge is 2.05. The lowest BCUT2D eigenvalue weighted by molar-refractivity contribution is 0.282. The van der Waals surface area contributed by atoms with Crippen molar-refractivity contribution in [1.29, 1.82) is 0 Å². The first-order chi connectivity index (χ1) is 9.67. The lowest BCUT2D eigenvalue weighted by Crippen LogP contribution is -2.03. The van der Waals surface area contributed by atoms with E-state index in [0.717, 1.165) is 11.1 Å². The molecule has 100 valence electrons. The van der Waals surface area contributed by atoms with Crippen molar-refractivity contribution in [3.8, 4) is 11.3 Å². The van der Waals surface area contributed by atoms with Crippen molar-refractivity contribution < 1.29 is 9.50 Å². The third-order valence-corrected chi connectivity index (χ3v) is 3.23. The number of benzene rings is 2. The summed E-state index contributed by atoms with van der Waals surface area (Å²) in [7, 11) is 0. The second-order valence-electron chi connectivity index (χ2n) is 4.59. The van der Waals surface area contributed by atoms with Gasteiger partial charge in [-0.15, -0.1) is 0 Å². The fourth-order valence-electron chi connectivity index (χ4n) is 2.18. The predicted molar refractivity (Wildman–Crippen MR) is 75.9 cm³/mol. The van der Waals surface area contributed by atoms with Crippen molar-refractivity contribution in [2.75, 3.05) is 0 Å². The van der Waals surface area contributed by atoms with E-state index in [0.29, 0.717) is 16.6 Å². The van der Waals surface area contributed by atoms with Gasteiger partial charge >= 0.3 is 0 Å². The van der Waals surface area contributed by atoms with E-state index >= 15 is 0 Å². The molecule has 3 aromatic rings. The monoisotopic (exact) mass is 269 g/mol. The third-order valence-electron chi connectivity index (χ3n) is 3.23. The van der Waals surface area contributed by atoms with E-state index in [1.54, 1.807) is 30.3 Å². The van der Waals surface area contributed by atoms with Crippen LogP contribution in [-0.4, -0.2) is 10.1 Å². The number of aromatic amines is 1. The highest BCUT2D eigenvalue weighted by atomic mass is 19.1. The van der Waals surface area contributed by atoms with Crippen molar-refractivity contribution in [3.63, 3.8) is 0 Å². The summed E-state index contributed by atoms with van der Waals surface area (Å²) in [5.41, 5.74) is 2.63. The smallest absolute Gasteiger partial charge is 0.190 e. The Kier molecular flexibility index (Phi) is 3.08. The first-order valence-electron chi connectivity index (χ1n) is 6.20. The molecular formula is C16H12FNO2. The lowest BCUT2D eigenvalue weighted by Gasteiger charge is -2.06. The van der Waals surface area contributed by atoms with Crippen LogP contribution in [0.5, 0.6) is 0 Å². The zero-order valence-electron chi connectivity index (χ0n) is 10.6. The molecule has 2 aromatic carbocycles. The van der Waals surface area contributed by atoms with Gasteiger partial charge in [-0.25, -0.2) is 4.39 Å². The number of pyridine rings is 1. The molecule has 0 atom stereocenters. The van der Waals surface area contributed by atoms with E-state index in [1.165, 1.54) is 18.2 Å². The van der Waals surface area contributed by atoms with Crippen molar-refractivity contribution in [2.45, 2.75) is 6.61 Å². The average molecular weight is 269 g/mol. The summed E-state index contributed by atoms with van der Waals surface area (Å²) in [6.07, 6.45) is 0. The van der Waals surface area contributed by atoms with Gasteiger partial charge in [0, 0.05) is 17.1 Å². The van der Waals surface area contributed by atoms with E-state index in [-0.39, 0.29) is 17.9 Å². The van der Waals surface area contributed by atoms with Gasteiger partial charge in [0.1, 0.15) is 5.82 Å². The molecule has 0 radical (unpaired) electrons. The lowest BCUT2D eigenvalue weighted by atomic mass is 10.1. The van der Waals surface area contributed by atoms with Crippen molar-refractivity contribution in [1.82, 2.24) is 4.98 Å². The molecule has 0 aliphatic heterocycles. The molecule has 0 bridgehead atoms. The Morgan fingerprint density at radius 3 is 2.50 bits per heavy atom. The Bertz CT molecular complexity index is 822. The van der Waals surface area contributed by atoms with Crippen LogP contribution in [0.4, 0.5) is 4.39 Å². The van der Waals surface area contributed by atoms with Crippen LogP contribution < -0.4 is 5.43 Å². The summed E-state index contributed by atoms with van der Waals surface area (Å²) in [6, 6.07) is 12.6. The topological polar surface area (TPSA) is 53.1 Å². The first-order valence-corrected chi connectivity index (χ1v) is 6.20. The molecule has 2 N–H and O–H groups in total. The molecule has 3 nitrogen and oxygen atoms in total. The Morgan fingerprint density at radius 1 is 1.05 bits per heavy atom. The van der Waals surface area contributed by atoms with E-state index in [2.05, 4.69) is 4.98 Å². The average Bonchev–Trinajstić information content (AvgIpc) is 2.47. The van der Waals surface area contributed by atoms with E-state index < -0.39 is 0 Å². The van der Waals surface area contributed by atoms with Crippen LogP contribution in [0.15, 0.2) is 53.3 Å². The molecule has 0 spiro atoms. The van der Waals surface area contributed by atoms with Crippen LogP contribution >= 0.6 is 0 Å². The van der Waals surface area contributed by atoms with Crippen LogP contribution in [0.1, 0.15) is 5.56 Å². The molecule has 0 aliphatic carbocycles. The second kappa shape index (κ2) is 4.90. The van der Waals surface area contributed by atoms with Gasteiger partial charge in [0.05, 0.1) is 12.1 Å². The van der Waals surface area contributed by atoms with Gasteiger partial charge < -0.3 is 10.1 Å². The number of fused-ring (bicyclic) bond motifs is 1. The molecule has 1 heterocycles. The highest BCUT2D eigenvalue weighted by molar-refractivity contribution is 5.82. The fraction of sp³-hybridized carbons (Fsp3) is 0.0625. The molecule has 0 saturated heterocycles. The Labute approximate surface area is 114 Å². The Hall–Kier alpha value is -2.46. The number of rotatable bonds is 2. The largest absolute Gasteiger partial charge is 0.392 e. The van der Waals surface area contributed by atoms with Crippen LogP contribution in [-0.2, 0) is 6.61 Å². The van der Waals surface area contributed by atoms with E-state index in [9.17, 15) is 9.18 Å². The summed E-state index contributed by atoms with van der Waals surface area (Å²) in [6.45, 7) is -0.0846. The van der Waals surface area contributed by atoms with E-state index in [1.807, 2.05) is 0 Å². The molecular weight excluding hydrogens is 257 g/mol. The van der Waals surface area contributed by atoms with Gasteiger partial charge in [-0.05, 0) is 47.5 Å². The number of halogens is 1. The van der Waals surface area contributed by atoms with E-state index in [4.69, 9.17) is 5.11 Å². The fourth-order valence-corrected chi connectivity index (χ4v) is 2.18. The minimum Gasteiger partial charge on any atom is -0.392 e. The third kappa shape index (κ3) is 2.21. The maximum atomic E-state index is 12.9. The number of aliphatic hydroxyl groups is 1. The molecule has 0 unspecified atom stereocenters. The minimum atomic E-state index is -0.320. The van der Waals surface area contributed by atoms with Gasteiger partial charge in [0.2, 0.25) is 0 Å². The predicted octanol–water partition coefficient (Wildman–Crippen LogP) is 2.83. The maximum absolute atomic E-state index is 12.9. The molecule has 4 heteroatoms. The SMILES string of the molecule is O=c1cc(-c2ccc(F)cc2)[nH]c2cc(CO)ccc12.